The van der Waals surface area contributed by atoms with Crippen LogP contribution >= 0.6 is 0 Å². The molecule has 134 valence electrons. The molecule has 0 amide bonds. The molecular weight excluding hydrogens is 330 g/mol. The van der Waals surface area contributed by atoms with Crippen LogP contribution in [0.15, 0.2) is 46.9 Å². The van der Waals surface area contributed by atoms with E-state index in [0.717, 1.165) is 17.1 Å². The summed E-state index contributed by atoms with van der Waals surface area (Å²) in [6.07, 6.45) is 0. The Kier molecular flexibility index (Phi) is 4.80. The Labute approximate surface area is 152 Å². The number of benzene rings is 1. The maximum atomic E-state index is 12.6. The molecule has 0 bridgehead atoms. The number of hydrogen-bond donors (Lipinski definition) is 0. The molecule has 5 nitrogen and oxygen atoms in total. The van der Waals surface area contributed by atoms with Crippen molar-refractivity contribution in [1.29, 1.82) is 0 Å². The minimum Gasteiger partial charge on any atom is -0.466 e. The van der Waals surface area contributed by atoms with Crippen molar-refractivity contribution >= 4 is 11.8 Å². The van der Waals surface area contributed by atoms with E-state index >= 15 is 0 Å². The zero-order valence-electron chi connectivity index (χ0n) is 15.3. The summed E-state index contributed by atoms with van der Waals surface area (Å²) < 4.78 is 12.5. The van der Waals surface area contributed by atoms with Crippen LogP contribution in [0.1, 0.15) is 43.6 Å². The number of hydrogen-bond acceptors (Lipinski definition) is 4. The molecular formula is C21H21NO4. The minimum absolute atomic E-state index is 0.230. The van der Waals surface area contributed by atoms with E-state index in [4.69, 9.17) is 9.15 Å². The molecule has 0 fully saturated rings. The number of aromatic nitrogens is 1. The Morgan fingerprint density at radius 3 is 2.31 bits per heavy atom. The number of carbonyl (C=O) groups excluding carboxylic acids is 2. The van der Waals surface area contributed by atoms with Crippen molar-refractivity contribution in [3.63, 3.8) is 0 Å². The van der Waals surface area contributed by atoms with Crippen LogP contribution in [0.2, 0.25) is 0 Å². The largest absolute Gasteiger partial charge is 0.466 e. The van der Waals surface area contributed by atoms with Gasteiger partial charge in [-0.05, 0) is 52.0 Å². The van der Waals surface area contributed by atoms with Crippen LogP contribution in [0.5, 0.6) is 0 Å². The Balaban J connectivity index is 1.77. The zero-order valence-corrected chi connectivity index (χ0v) is 15.3. The predicted octanol–water partition coefficient (Wildman–Crippen LogP) is 4.34. The molecule has 0 unspecified atom stereocenters. The molecule has 26 heavy (non-hydrogen) atoms. The van der Waals surface area contributed by atoms with Crippen LogP contribution in [-0.4, -0.2) is 22.9 Å². The lowest BCUT2D eigenvalue weighted by atomic mass is 10.1. The number of ether oxygens (including phenoxy) is 1. The van der Waals surface area contributed by atoms with Crippen molar-refractivity contribution in [3.8, 4) is 5.69 Å². The van der Waals surface area contributed by atoms with Crippen LogP contribution in [0, 0.1) is 27.7 Å². The first kappa shape index (κ1) is 17.7. The highest BCUT2D eigenvalue weighted by Gasteiger charge is 2.20. The van der Waals surface area contributed by atoms with Gasteiger partial charge >= 0.3 is 5.97 Å². The van der Waals surface area contributed by atoms with Crippen molar-refractivity contribution in [2.45, 2.75) is 27.7 Å². The van der Waals surface area contributed by atoms with E-state index in [2.05, 4.69) is 0 Å². The number of para-hydroxylation sites is 1. The van der Waals surface area contributed by atoms with E-state index in [1.807, 2.05) is 54.8 Å². The molecule has 0 aliphatic carbocycles. The summed E-state index contributed by atoms with van der Waals surface area (Å²) in [6.45, 7) is 6.98. The van der Waals surface area contributed by atoms with Gasteiger partial charge in [0.25, 0.3) is 0 Å². The molecule has 2 aromatic heterocycles. The van der Waals surface area contributed by atoms with E-state index in [0.29, 0.717) is 22.6 Å². The maximum absolute atomic E-state index is 12.6. The Morgan fingerprint density at radius 1 is 1.00 bits per heavy atom. The number of nitrogens with zero attached hydrogens (tertiary/aromatic N) is 1. The van der Waals surface area contributed by atoms with Crippen LogP contribution in [-0.2, 0) is 4.74 Å². The number of ketones is 1. The summed E-state index contributed by atoms with van der Waals surface area (Å²) in [5, 5.41) is 0. The SMILES string of the molecule is Cc1cc(C(=O)OCC(=O)c2cc(C)n(-c3ccccc3)c2C)c(C)o1. The van der Waals surface area contributed by atoms with Gasteiger partial charge in [0, 0.05) is 22.6 Å². The number of aryl methyl sites for hydroxylation is 3. The lowest BCUT2D eigenvalue weighted by Crippen LogP contribution is -2.15. The molecule has 0 N–H and O–H groups in total. The highest BCUT2D eigenvalue weighted by Crippen LogP contribution is 2.21. The molecule has 2 heterocycles. The normalized spacial score (nSPS) is 10.8. The van der Waals surface area contributed by atoms with Crippen molar-refractivity contribution in [2.75, 3.05) is 6.61 Å². The fourth-order valence-corrected chi connectivity index (χ4v) is 3.14. The molecule has 3 aromatic rings. The molecule has 0 aliphatic rings. The van der Waals surface area contributed by atoms with Crippen LogP contribution in [0.4, 0.5) is 0 Å². The summed E-state index contributed by atoms with van der Waals surface area (Å²) >= 11 is 0. The van der Waals surface area contributed by atoms with Gasteiger partial charge in [0.1, 0.15) is 17.1 Å². The van der Waals surface area contributed by atoms with E-state index in [9.17, 15) is 9.59 Å². The average molecular weight is 351 g/mol. The van der Waals surface area contributed by atoms with Gasteiger partial charge in [-0.15, -0.1) is 0 Å². The third-order valence-corrected chi connectivity index (χ3v) is 4.34. The molecule has 0 aliphatic heterocycles. The lowest BCUT2D eigenvalue weighted by Gasteiger charge is -2.09. The Bertz CT molecular complexity index is 964. The second-order valence-electron chi connectivity index (χ2n) is 6.28. The van der Waals surface area contributed by atoms with E-state index < -0.39 is 5.97 Å². The van der Waals surface area contributed by atoms with Crippen LogP contribution < -0.4 is 0 Å². The second-order valence-corrected chi connectivity index (χ2v) is 6.28. The zero-order chi connectivity index (χ0) is 18.8. The van der Waals surface area contributed by atoms with Gasteiger partial charge < -0.3 is 13.7 Å². The van der Waals surface area contributed by atoms with E-state index in [1.54, 1.807) is 19.9 Å². The second kappa shape index (κ2) is 7.04. The molecule has 0 spiro atoms. The highest BCUT2D eigenvalue weighted by atomic mass is 16.5. The molecule has 3 rings (SSSR count). The highest BCUT2D eigenvalue weighted by molar-refractivity contribution is 6.00. The summed E-state index contributed by atoms with van der Waals surface area (Å²) in [5.74, 6) is 0.338. The van der Waals surface area contributed by atoms with E-state index in [1.165, 1.54) is 0 Å². The fraction of sp³-hybridized carbons (Fsp3) is 0.238. The number of esters is 1. The van der Waals surface area contributed by atoms with Crippen molar-refractivity contribution < 1.29 is 18.7 Å². The first-order chi connectivity index (χ1) is 12.4. The topological polar surface area (TPSA) is 61.4 Å². The first-order valence-electron chi connectivity index (χ1n) is 8.40. The standard InChI is InChI=1S/C21H21NO4/c1-13-10-18(15(3)22(13)17-8-6-5-7-9-17)20(23)12-25-21(24)19-11-14(2)26-16(19)4/h5-11H,12H2,1-4H3. The summed E-state index contributed by atoms with van der Waals surface area (Å²) in [5.41, 5.74) is 3.67. The van der Waals surface area contributed by atoms with Crippen molar-refractivity contribution in [2.24, 2.45) is 0 Å². The fourth-order valence-electron chi connectivity index (χ4n) is 3.14. The Hall–Kier alpha value is -3.08. The maximum Gasteiger partial charge on any atom is 0.342 e. The molecule has 5 heteroatoms. The lowest BCUT2D eigenvalue weighted by molar-refractivity contribution is 0.0473. The predicted molar refractivity (Wildman–Crippen MR) is 98.0 cm³/mol. The van der Waals surface area contributed by atoms with Crippen LogP contribution in [0.25, 0.3) is 5.69 Å². The third-order valence-electron chi connectivity index (χ3n) is 4.34. The summed E-state index contributed by atoms with van der Waals surface area (Å²) in [4.78, 5) is 24.7. The minimum atomic E-state index is -0.551. The van der Waals surface area contributed by atoms with Gasteiger partial charge in [0.15, 0.2) is 6.61 Å². The van der Waals surface area contributed by atoms with Gasteiger partial charge in [-0.2, -0.15) is 0 Å². The molecule has 1 aromatic carbocycles. The van der Waals surface area contributed by atoms with Gasteiger partial charge in [-0.25, -0.2) is 4.79 Å². The molecule has 0 radical (unpaired) electrons. The number of furan rings is 1. The monoisotopic (exact) mass is 351 g/mol. The van der Waals surface area contributed by atoms with Gasteiger partial charge in [0.2, 0.25) is 5.78 Å². The quantitative estimate of drug-likeness (QED) is 0.507. The number of carbonyl (C=O) groups is 2. The van der Waals surface area contributed by atoms with Crippen molar-refractivity contribution in [3.05, 3.63) is 76.5 Å². The summed E-state index contributed by atoms with van der Waals surface area (Å²) in [6, 6.07) is 13.3. The molecule has 0 saturated carbocycles. The third kappa shape index (κ3) is 3.33. The van der Waals surface area contributed by atoms with Gasteiger partial charge in [0.05, 0.1) is 0 Å². The number of rotatable bonds is 5. The smallest absolute Gasteiger partial charge is 0.342 e. The number of Topliss-reactive ketones (excluding diaryl/α,β-unsaturated/α-hetero) is 1. The van der Waals surface area contributed by atoms with E-state index in [-0.39, 0.29) is 12.4 Å². The average Bonchev–Trinajstić information content (AvgIpc) is 3.11. The summed E-state index contributed by atoms with van der Waals surface area (Å²) in [7, 11) is 0. The van der Waals surface area contributed by atoms with Crippen molar-refractivity contribution in [1.82, 2.24) is 4.57 Å². The van der Waals surface area contributed by atoms with Crippen LogP contribution in [0.3, 0.4) is 0 Å². The first-order valence-corrected chi connectivity index (χ1v) is 8.40. The van der Waals surface area contributed by atoms with Gasteiger partial charge in [-0.3, -0.25) is 4.79 Å². The molecule has 0 saturated heterocycles. The Morgan fingerprint density at radius 2 is 1.69 bits per heavy atom. The van der Waals surface area contributed by atoms with Gasteiger partial charge in [-0.1, -0.05) is 18.2 Å². The molecule has 0 atom stereocenters.